The van der Waals surface area contributed by atoms with Crippen LogP contribution in [0.1, 0.15) is 12.0 Å². The van der Waals surface area contributed by atoms with E-state index in [2.05, 4.69) is 16.0 Å². The third kappa shape index (κ3) is 6.88. The van der Waals surface area contributed by atoms with Crippen LogP contribution in [0.3, 0.4) is 0 Å². The first-order valence-corrected chi connectivity index (χ1v) is 11.5. The molecule has 1 saturated heterocycles. The Bertz CT molecular complexity index is 1020. The van der Waals surface area contributed by atoms with Crippen LogP contribution < -0.4 is 16.0 Å². The first-order chi connectivity index (χ1) is 15.3. The Morgan fingerprint density at radius 1 is 1.00 bits per heavy atom. The number of benzene rings is 2. The fourth-order valence-corrected chi connectivity index (χ4v) is 4.23. The van der Waals surface area contributed by atoms with E-state index in [1.165, 1.54) is 11.8 Å². The number of carbonyl (C=O) groups is 4. The second-order valence-corrected chi connectivity index (χ2v) is 8.69. The predicted molar refractivity (Wildman–Crippen MR) is 126 cm³/mol. The molecular weight excluding hydrogens is 475 g/mol. The van der Waals surface area contributed by atoms with Crippen LogP contribution in [-0.2, 0) is 20.1 Å². The Morgan fingerprint density at radius 2 is 1.66 bits per heavy atom. The van der Waals surface area contributed by atoms with Crippen molar-refractivity contribution in [3.63, 3.8) is 0 Å². The maximum absolute atomic E-state index is 12.1. The third-order valence-corrected chi connectivity index (χ3v) is 6.03. The molecule has 0 unspecified atom stereocenters. The molecule has 0 bridgehead atoms. The zero-order valence-corrected chi connectivity index (χ0v) is 19.1. The highest BCUT2D eigenvalue weighted by Gasteiger charge is 2.28. The molecule has 0 aromatic heterocycles. The Balaban J connectivity index is 1.39. The fraction of sp³-hybridized carbons (Fsp3) is 0.238. The van der Waals surface area contributed by atoms with Crippen molar-refractivity contribution in [2.75, 3.05) is 29.5 Å². The van der Waals surface area contributed by atoms with Gasteiger partial charge >= 0.3 is 6.03 Å². The molecule has 168 valence electrons. The molecule has 5 amide bonds. The zero-order valence-electron chi connectivity index (χ0n) is 16.8. The number of thioether (sulfide) groups is 1. The Morgan fingerprint density at radius 3 is 2.25 bits per heavy atom. The van der Waals surface area contributed by atoms with Crippen molar-refractivity contribution in [2.45, 2.75) is 12.2 Å². The van der Waals surface area contributed by atoms with Gasteiger partial charge in [-0.05, 0) is 42.0 Å². The van der Waals surface area contributed by atoms with Crippen LogP contribution in [0.25, 0.3) is 0 Å². The largest absolute Gasteiger partial charge is 0.329 e. The topological polar surface area (TPSA) is 108 Å². The minimum absolute atomic E-state index is 0.00743. The number of nitrogens with zero attached hydrogens (tertiary/aromatic N) is 1. The summed E-state index contributed by atoms with van der Waals surface area (Å²) in [5.41, 5.74) is 2.04. The van der Waals surface area contributed by atoms with Crippen LogP contribution in [0.5, 0.6) is 0 Å². The van der Waals surface area contributed by atoms with E-state index < -0.39 is 6.03 Å². The summed E-state index contributed by atoms with van der Waals surface area (Å²) in [6, 6.07) is 11.4. The first kappa shape index (κ1) is 23.9. The maximum atomic E-state index is 12.1. The number of hydrogen-bond donors (Lipinski definition) is 3. The number of hydrogen-bond acceptors (Lipinski definition) is 5. The molecule has 2 aromatic carbocycles. The summed E-state index contributed by atoms with van der Waals surface area (Å²) < 4.78 is 0. The summed E-state index contributed by atoms with van der Waals surface area (Å²) in [5.74, 6) is -0.00596. The van der Waals surface area contributed by atoms with E-state index in [4.69, 9.17) is 23.2 Å². The van der Waals surface area contributed by atoms with Gasteiger partial charge in [-0.15, -0.1) is 11.8 Å². The van der Waals surface area contributed by atoms with E-state index >= 15 is 0 Å². The highest BCUT2D eigenvalue weighted by molar-refractivity contribution is 7.99. The molecule has 0 spiro atoms. The second-order valence-electron chi connectivity index (χ2n) is 6.86. The van der Waals surface area contributed by atoms with Gasteiger partial charge in [0.25, 0.3) is 0 Å². The van der Waals surface area contributed by atoms with Crippen molar-refractivity contribution in [3.8, 4) is 0 Å². The van der Waals surface area contributed by atoms with Gasteiger partial charge in [-0.3, -0.25) is 19.3 Å². The van der Waals surface area contributed by atoms with Gasteiger partial charge < -0.3 is 16.0 Å². The van der Waals surface area contributed by atoms with E-state index in [-0.39, 0.29) is 43.0 Å². The first-order valence-electron chi connectivity index (χ1n) is 9.61. The lowest BCUT2D eigenvalue weighted by Gasteiger charge is -2.12. The minimum Gasteiger partial charge on any atom is -0.329 e. The van der Waals surface area contributed by atoms with Gasteiger partial charge in [0.05, 0.1) is 12.3 Å². The number of carbonyl (C=O) groups excluding carboxylic acids is 4. The predicted octanol–water partition coefficient (Wildman–Crippen LogP) is 3.75. The van der Waals surface area contributed by atoms with Gasteiger partial charge in [0.15, 0.2) is 0 Å². The normalized spacial score (nSPS) is 13.1. The molecule has 32 heavy (non-hydrogen) atoms. The average Bonchev–Trinajstić information content (AvgIpc) is 3.07. The fourth-order valence-electron chi connectivity index (χ4n) is 2.84. The van der Waals surface area contributed by atoms with Crippen molar-refractivity contribution < 1.29 is 19.2 Å². The van der Waals surface area contributed by atoms with Gasteiger partial charge in [-0.2, -0.15) is 0 Å². The van der Waals surface area contributed by atoms with Gasteiger partial charge in [0.1, 0.15) is 0 Å². The minimum atomic E-state index is -0.489. The number of halogens is 2. The lowest BCUT2D eigenvalue weighted by atomic mass is 10.2. The highest BCUT2D eigenvalue weighted by atomic mass is 35.5. The van der Waals surface area contributed by atoms with E-state index in [9.17, 15) is 19.2 Å². The van der Waals surface area contributed by atoms with Gasteiger partial charge in [-0.1, -0.05) is 29.3 Å². The van der Waals surface area contributed by atoms with Gasteiger partial charge in [0, 0.05) is 40.1 Å². The molecule has 11 heteroatoms. The number of amides is 5. The standard InChI is InChI=1S/C21H20Cl2N4O4S/c22-14-2-1-13(17(23)9-14)11-32-12-19(29)26-16-5-3-15(4-6-16)25-18(28)7-8-27-20(30)10-24-21(27)31/h1-6,9H,7-8,10-12H2,(H,24,31)(H,25,28)(H,26,29). The lowest BCUT2D eigenvalue weighted by molar-refractivity contribution is -0.125. The second kappa shape index (κ2) is 11.2. The molecule has 1 heterocycles. The summed E-state index contributed by atoms with van der Waals surface area (Å²) in [6.45, 7) is -0.0233. The molecule has 2 aromatic rings. The third-order valence-electron chi connectivity index (χ3n) is 4.46. The van der Waals surface area contributed by atoms with E-state index in [1.807, 2.05) is 6.07 Å². The average molecular weight is 495 g/mol. The lowest BCUT2D eigenvalue weighted by Crippen LogP contribution is -2.33. The summed E-state index contributed by atoms with van der Waals surface area (Å²) in [6.07, 6.45) is -0.00743. The molecule has 1 aliphatic heterocycles. The molecule has 0 radical (unpaired) electrons. The van der Waals surface area contributed by atoms with E-state index in [0.29, 0.717) is 27.2 Å². The van der Waals surface area contributed by atoms with Crippen molar-refractivity contribution in [3.05, 3.63) is 58.1 Å². The molecule has 8 nitrogen and oxygen atoms in total. The summed E-state index contributed by atoms with van der Waals surface area (Å²) in [7, 11) is 0. The van der Waals surface area contributed by atoms with Crippen LogP contribution in [0.2, 0.25) is 10.0 Å². The molecular formula is C21H20Cl2N4O4S. The van der Waals surface area contributed by atoms with Crippen molar-refractivity contribution >= 4 is 70.1 Å². The summed E-state index contributed by atoms with van der Waals surface area (Å²) in [4.78, 5) is 48.2. The van der Waals surface area contributed by atoms with E-state index in [1.54, 1.807) is 36.4 Å². The summed E-state index contributed by atoms with van der Waals surface area (Å²) >= 11 is 13.4. The molecule has 1 fully saturated rings. The van der Waals surface area contributed by atoms with Crippen LogP contribution >= 0.6 is 35.0 Å². The summed E-state index contributed by atoms with van der Waals surface area (Å²) in [5, 5.41) is 9.01. The Hall–Kier alpha value is -2.75. The zero-order chi connectivity index (χ0) is 23.1. The van der Waals surface area contributed by atoms with Crippen molar-refractivity contribution in [1.82, 2.24) is 10.2 Å². The maximum Gasteiger partial charge on any atom is 0.324 e. The van der Waals surface area contributed by atoms with Gasteiger partial charge in [-0.25, -0.2) is 4.79 Å². The molecule has 0 aliphatic carbocycles. The molecule has 3 rings (SSSR count). The number of rotatable bonds is 9. The quantitative estimate of drug-likeness (QED) is 0.460. The van der Waals surface area contributed by atoms with Crippen molar-refractivity contribution in [2.24, 2.45) is 0 Å². The number of anilines is 2. The Labute approximate surface area is 199 Å². The number of imide groups is 1. The van der Waals surface area contributed by atoms with Crippen LogP contribution in [-0.4, -0.2) is 47.5 Å². The molecule has 1 aliphatic rings. The molecule has 0 atom stereocenters. The van der Waals surface area contributed by atoms with Crippen LogP contribution in [0.15, 0.2) is 42.5 Å². The smallest absolute Gasteiger partial charge is 0.324 e. The van der Waals surface area contributed by atoms with Crippen LogP contribution in [0, 0.1) is 0 Å². The van der Waals surface area contributed by atoms with Gasteiger partial charge in [0.2, 0.25) is 17.7 Å². The van der Waals surface area contributed by atoms with Crippen molar-refractivity contribution in [1.29, 1.82) is 0 Å². The van der Waals surface area contributed by atoms with Crippen LogP contribution in [0.4, 0.5) is 16.2 Å². The Kier molecular flexibility index (Phi) is 8.38. The van der Waals surface area contributed by atoms with E-state index in [0.717, 1.165) is 10.5 Å². The monoisotopic (exact) mass is 494 g/mol. The molecule has 3 N–H and O–H groups in total. The SMILES string of the molecule is O=C(CCN1C(=O)CNC1=O)Nc1ccc(NC(=O)CSCc2ccc(Cl)cc2Cl)cc1. The molecule has 0 saturated carbocycles. The highest BCUT2D eigenvalue weighted by Crippen LogP contribution is 2.25. The number of urea groups is 1. The number of nitrogens with one attached hydrogen (secondary N) is 3.